The summed E-state index contributed by atoms with van der Waals surface area (Å²) in [5, 5.41) is 16.7. The number of carbonyl (C=O) groups is 4. The van der Waals surface area contributed by atoms with Crippen molar-refractivity contribution in [2.75, 3.05) is 68.3 Å². The Kier molecular flexibility index (Phi) is 23.1. The molecule has 0 aromatic heterocycles. The van der Waals surface area contributed by atoms with Gasteiger partial charge in [-0.15, -0.1) is 0 Å². The molecule has 0 aliphatic carbocycles. The molecule has 59 heavy (non-hydrogen) atoms. The number of aliphatic hydroxyl groups is 1. The highest BCUT2D eigenvalue weighted by atomic mass is 16.6. The average Bonchev–Trinajstić information content (AvgIpc) is 3.70. The number of carbonyl (C=O) groups excluding carboxylic acids is 4. The molecule has 2 rings (SSSR count). The van der Waals surface area contributed by atoms with E-state index < -0.39 is 48.6 Å². The highest BCUT2D eigenvalue weighted by Gasteiger charge is 2.43. The van der Waals surface area contributed by atoms with Crippen molar-refractivity contribution in [1.82, 2.24) is 25.3 Å². The minimum atomic E-state index is -1.23. The van der Waals surface area contributed by atoms with Gasteiger partial charge in [0.15, 0.2) is 6.29 Å². The SMILES string of the molecule is CC[C@H](C)[C@@H]([C@@H](CC(=O)N1CCC[C@H]1[C@H](OC)[C@@H](C)C(=O)N[C@@H](Cc1ccccc1)C(O)OC)OC)N(C)C(=O)[C@@H](NC(=O)[C@H](C(C)C)N(C)CCOCCN)C(C)C. The molecule has 1 aliphatic heterocycles. The van der Waals surface area contributed by atoms with Crippen molar-refractivity contribution in [2.45, 2.75) is 129 Å². The Morgan fingerprint density at radius 1 is 0.915 bits per heavy atom. The van der Waals surface area contributed by atoms with Gasteiger partial charge in [0.1, 0.15) is 6.04 Å². The van der Waals surface area contributed by atoms with Gasteiger partial charge in [0.2, 0.25) is 23.6 Å². The second kappa shape index (κ2) is 26.2. The molecule has 1 aliphatic rings. The largest absolute Gasteiger partial charge is 0.379 e. The number of benzene rings is 1. The molecule has 5 N–H and O–H groups in total. The molecule has 1 aromatic rings. The lowest BCUT2D eigenvalue weighted by Gasteiger charge is -2.41. The maximum absolute atomic E-state index is 14.4. The maximum Gasteiger partial charge on any atom is 0.245 e. The van der Waals surface area contributed by atoms with Crippen LogP contribution in [0.3, 0.4) is 0 Å². The minimum Gasteiger partial charge on any atom is -0.379 e. The maximum atomic E-state index is 14.4. The van der Waals surface area contributed by atoms with Crippen LogP contribution < -0.4 is 16.4 Å². The number of hydrogen-bond acceptors (Lipinski definition) is 11. The van der Waals surface area contributed by atoms with Gasteiger partial charge in [-0.25, -0.2) is 0 Å². The highest BCUT2D eigenvalue weighted by Crippen LogP contribution is 2.30. The van der Waals surface area contributed by atoms with Crippen LogP contribution in [0.25, 0.3) is 0 Å². The minimum absolute atomic E-state index is 0.000961. The molecule has 15 heteroatoms. The first-order valence-electron chi connectivity index (χ1n) is 21.4. The number of ether oxygens (including phenoxy) is 4. The molecule has 10 atom stereocenters. The van der Waals surface area contributed by atoms with Crippen LogP contribution in [-0.4, -0.2) is 160 Å². The molecule has 0 bridgehead atoms. The van der Waals surface area contributed by atoms with Crippen molar-refractivity contribution in [3.63, 3.8) is 0 Å². The first-order valence-corrected chi connectivity index (χ1v) is 21.4. The van der Waals surface area contributed by atoms with Crippen LogP contribution in [0.5, 0.6) is 0 Å². The Labute approximate surface area is 354 Å². The number of likely N-dealkylation sites (N-methyl/N-ethyl adjacent to an activating group) is 2. The molecule has 1 aromatic carbocycles. The van der Waals surface area contributed by atoms with Crippen molar-refractivity contribution >= 4 is 23.6 Å². The van der Waals surface area contributed by atoms with Gasteiger partial charge in [-0.05, 0) is 49.6 Å². The van der Waals surface area contributed by atoms with E-state index in [9.17, 15) is 24.3 Å². The second-order valence-electron chi connectivity index (χ2n) is 16.8. The number of methoxy groups -OCH3 is 3. The van der Waals surface area contributed by atoms with Gasteiger partial charge in [-0.2, -0.15) is 0 Å². The Morgan fingerprint density at radius 2 is 1.58 bits per heavy atom. The molecule has 0 spiro atoms. The van der Waals surface area contributed by atoms with Crippen LogP contribution in [0, 0.1) is 23.7 Å². The lowest BCUT2D eigenvalue weighted by atomic mass is 9.89. The van der Waals surface area contributed by atoms with Crippen LogP contribution >= 0.6 is 0 Å². The molecule has 1 fully saturated rings. The normalized spacial score (nSPS) is 19.1. The van der Waals surface area contributed by atoms with E-state index in [1.807, 2.05) is 83.8 Å². The van der Waals surface area contributed by atoms with Crippen molar-refractivity contribution in [3.05, 3.63) is 35.9 Å². The molecule has 1 heterocycles. The number of rotatable bonds is 27. The molecule has 0 radical (unpaired) electrons. The number of nitrogens with two attached hydrogens (primary N) is 1. The Bertz CT molecular complexity index is 1400. The van der Waals surface area contributed by atoms with E-state index in [4.69, 9.17) is 24.7 Å². The lowest BCUT2D eigenvalue weighted by molar-refractivity contribution is -0.148. The molecule has 1 unspecified atom stereocenters. The molecule has 1 saturated heterocycles. The van der Waals surface area contributed by atoms with Gasteiger partial charge in [-0.3, -0.25) is 24.1 Å². The van der Waals surface area contributed by atoms with Crippen LogP contribution in [0.15, 0.2) is 30.3 Å². The van der Waals surface area contributed by atoms with E-state index in [-0.39, 0.29) is 53.8 Å². The molecular formula is C44H78N6O9. The third-order valence-corrected chi connectivity index (χ3v) is 11.9. The monoisotopic (exact) mass is 835 g/mol. The summed E-state index contributed by atoms with van der Waals surface area (Å²) < 4.78 is 22.8. The number of likely N-dealkylation sites (tertiary alicyclic amines) is 1. The van der Waals surface area contributed by atoms with Gasteiger partial charge < -0.3 is 50.2 Å². The van der Waals surface area contributed by atoms with Crippen LogP contribution in [0.1, 0.15) is 79.7 Å². The van der Waals surface area contributed by atoms with Gasteiger partial charge in [0, 0.05) is 48.0 Å². The van der Waals surface area contributed by atoms with Gasteiger partial charge >= 0.3 is 0 Å². The molecular weight excluding hydrogens is 757 g/mol. The van der Waals surface area contributed by atoms with Crippen LogP contribution in [0.2, 0.25) is 0 Å². The number of aliphatic hydroxyl groups excluding tert-OH is 1. The molecule has 4 amide bonds. The smallest absolute Gasteiger partial charge is 0.245 e. The Hall–Kier alpha value is -3.18. The summed E-state index contributed by atoms with van der Waals surface area (Å²) in [6, 6.07) is 6.66. The topological polar surface area (TPSA) is 185 Å². The predicted octanol–water partition coefficient (Wildman–Crippen LogP) is 2.67. The number of amides is 4. The van der Waals surface area contributed by atoms with Crippen molar-refractivity contribution in [1.29, 1.82) is 0 Å². The first-order chi connectivity index (χ1) is 28.0. The fourth-order valence-electron chi connectivity index (χ4n) is 8.39. The molecule has 15 nitrogen and oxygen atoms in total. The van der Waals surface area contributed by atoms with E-state index >= 15 is 0 Å². The summed E-state index contributed by atoms with van der Waals surface area (Å²) in [6.45, 7) is 15.9. The zero-order valence-electron chi connectivity index (χ0n) is 38.0. The first kappa shape index (κ1) is 52.0. The highest BCUT2D eigenvalue weighted by molar-refractivity contribution is 5.90. The number of nitrogens with zero attached hydrogens (tertiary/aromatic N) is 3. The van der Waals surface area contributed by atoms with Gasteiger partial charge in [-0.1, -0.05) is 85.2 Å². The third kappa shape index (κ3) is 15.0. The fraction of sp³-hybridized carbons (Fsp3) is 0.773. The zero-order chi connectivity index (χ0) is 44.4. The second-order valence-corrected chi connectivity index (χ2v) is 16.8. The summed E-state index contributed by atoms with van der Waals surface area (Å²) in [5.41, 5.74) is 6.49. The fourth-order valence-corrected chi connectivity index (χ4v) is 8.39. The van der Waals surface area contributed by atoms with E-state index in [2.05, 4.69) is 10.6 Å². The Morgan fingerprint density at radius 3 is 2.12 bits per heavy atom. The predicted molar refractivity (Wildman–Crippen MR) is 229 cm³/mol. The average molecular weight is 835 g/mol. The lowest BCUT2D eigenvalue weighted by Crippen LogP contribution is -2.60. The summed E-state index contributed by atoms with van der Waals surface area (Å²) in [7, 11) is 8.09. The van der Waals surface area contributed by atoms with E-state index in [0.29, 0.717) is 45.7 Å². The number of nitrogens with one attached hydrogen (secondary N) is 2. The van der Waals surface area contributed by atoms with E-state index in [1.165, 1.54) is 7.11 Å². The summed E-state index contributed by atoms with van der Waals surface area (Å²) in [5.74, 6) is -1.95. The van der Waals surface area contributed by atoms with Crippen LogP contribution in [0.4, 0.5) is 0 Å². The molecule has 338 valence electrons. The van der Waals surface area contributed by atoms with Gasteiger partial charge in [0.25, 0.3) is 0 Å². The van der Waals surface area contributed by atoms with E-state index in [1.54, 1.807) is 38.0 Å². The quantitative estimate of drug-likeness (QED) is 0.0755. The van der Waals surface area contributed by atoms with Crippen molar-refractivity contribution < 1.29 is 43.2 Å². The van der Waals surface area contributed by atoms with Crippen molar-refractivity contribution in [2.24, 2.45) is 29.4 Å². The Balaban J connectivity index is 2.27. The molecule has 0 saturated carbocycles. The van der Waals surface area contributed by atoms with E-state index in [0.717, 1.165) is 18.4 Å². The summed E-state index contributed by atoms with van der Waals surface area (Å²) in [4.78, 5) is 61.7. The van der Waals surface area contributed by atoms with Gasteiger partial charge in [0.05, 0.1) is 61.9 Å². The summed E-state index contributed by atoms with van der Waals surface area (Å²) >= 11 is 0. The number of hydrogen-bond donors (Lipinski definition) is 4. The summed E-state index contributed by atoms with van der Waals surface area (Å²) in [6.07, 6.45) is -0.0582. The third-order valence-electron chi connectivity index (χ3n) is 11.9. The zero-order valence-corrected chi connectivity index (χ0v) is 38.0. The van der Waals surface area contributed by atoms with Crippen LogP contribution in [-0.2, 0) is 44.5 Å². The van der Waals surface area contributed by atoms with Crippen molar-refractivity contribution in [3.8, 4) is 0 Å². The standard InChI is InChI=1S/C44H78N6O9/c1-13-30(6)39(49(9)43(54)37(28(2)3)47-42(53)38(29(4)5)48(8)23-25-59-24-21-45)35(56-10)27-36(51)50-22-17-20-34(50)40(57-11)31(7)41(52)46-33(44(55)58-12)26-32-18-15-14-16-19-32/h14-16,18-19,28-31,33-35,37-40,44,55H,13,17,20-27,45H2,1-12H3,(H,46,52)(H,47,53)/t30-,31+,33-,34-,35+,37-,38-,39-,40+,44?/m0/s1.